The third-order valence-electron chi connectivity index (χ3n) is 1.92. The van der Waals surface area contributed by atoms with E-state index in [1.165, 1.54) is 0 Å². The predicted molar refractivity (Wildman–Crippen MR) is 53.5 cm³/mol. The van der Waals surface area contributed by atoms with Crippen LogP contribution in [0.25, 0.3) is 11.4 Å². The van der Waals surface area contributed by atoms with Crippen molar-refractivity contribution in [2.75, 3.05) is 0 Å². The molecule has 0 aliphatic rings. The first kappa shape index (κ1) is 8.87. The average molecular weight is 188 g/mol. The lowest BCUT2D eigenvalue weighted by atomic mass is 10.3. The summed E-state index contributed by atoms with van der Waals surface area (Å²) in [6, 6.07) is 5.77. The second kappa shape index (κ2) is 4.00. The largest absolute Gasteiger partial charge is 0.254 e. The molecule has 0 aliphatic carbocycles. The van der Waals surface area contributed by atoms with Crippen molar-refractivity contribution in [1.82, 2.24) is 20.0 Å². The van der Waals surface area contributed by atoms with Gasteiger partial charge in [0.25, 0.3) is 0 Å². The molecule has 0 fully saturated rings. The Morgan fingerprint density at radius 1 is 1.29 bits per heavy atom. The average Bonchev–Trinajstić information content (AvgIpc) is 2.68. The second-order valence-corrected chi connectivity index (χ2v) is 3.08. The van der Waals surface area contributed by atoms with Gasteiger partial charge in [-0.1, -0.05) is 18.2 Å². The van der Waals surface area contributed by atoms with Gasteiger partial charge in [0.2, 0.25) is 0 Å². The molecule has 14 heavy (non-hydrogen) atoms. The zero-order valence-corrected chi connectivity index (χ0v) is 8.09. The number of hydrogen-bond donors (Lipinski definition) is 0. The van der Waals surface area contributed by atoms with Gasteiger partial charge >= 0.3 is 0 Å². The van der Waals surface area contributed by atoms with E-state index in [9.17, 15) is 0 Å². The fourth-order valence-electron chi connectivity index (χ4n) is 1.27. The van der Waals surface area contributed by atoms with E-state index in [4.69, 9.17) is 0 Å². The van der Waals surface area contributed by atoms with Gasteiger partial charge in [-0.3, -0.25) is 9.67 Å². The number of hydrogen-bond acceptors (Lipinski definition) is 3. The summed E-state index contributed by atoms with van der Waals surface area (Å²) in [5, 5.41) is 8.06. The van der Waals surface area contributed by atoms with Crippen molar-refractivity contribution in [2.24, 2.45) is 0 Å². The fourth-order valence-corrected chi connectivity index (χ4v) is 1.27. The Hall–Kier alpha value is -1.71. The van der Waals surface area contributed by atoms with Crippen LogP contribution in [0.1, 0.15) is 13.3 Å². The predicted octanol–water partition coefficient (Wildman–Crippen LogP) is 1.75. The molecule has 0 bridgehead atoms. The SMILES string of the molecule is CCCn1cc(-c2ccccn2)nn1. The highest BCUT2D eigenvalue weighted by Crippen LogP contribution is 2.11. The Labute approximate surface area is 82.6 Å². The quantitative estimate of drug-likeness (QED) is 0.737. The summed E-state index contributed by atoms with van der Waals surface area (Å²) in [6.07, 6.45) is 4.74. The molecule has 0 unspecified atom stereocenters. The van der Waals surface area contributed by atoms with E-state index in [-0.39, 0.29) is 0 Å². The molecule has 0 radical (unpaired) electrons. The smallest absolute Gasteiger partial charge is 0.131 e. The van der Waals surface area contributed by atoms with E-state index in [0.29, 0.717) is 0 Å². The molecule has 4 heteroatoms. The maximum atomic E-state index is 4.21. The number of nitrogens with zero attached hydrogens (tertiary/aromatic N) is 4. The van der Waals surface area contributed by atoms with Gasteiger partial charge in [0.15, 0.2) is 0 Å². The van der Waals surface area contributed by atoms with Gasteiger partial charge in [-0.05, 0) is 18.6 Å². The van der Waals surface area contributed by atoms with Crippen LogP contribution >= 0.6 is 0 Å². The Balaban J connectivity index is 2.25. The molecule has 2 rings (SSSR count). The van der Waals surface area contributed by atoms with E-state index in [1.807, 2.05) is 29.1 Å². The van der Waals surface area contributed by atoms with E-state index < -0.39 is 0 Å². The second-order valence-electron chi connectivity index (χ2n) is 3.08. The van der Waals surface area contributed by atoms with E-state index in [2.05, 4.69) is 22.2 Å². The molecule has 0 amide bonds. The van der Waals surface area contributed by atoms with Crippen LogP contribution in [0.5, 0.6) is 0 Å². The molecule has 0 N–H and O–H groups in total. The highest BCUT2D eigenvalue weighted by atomic mass is 15.4. The van der Waals surface area contributed by atoms with Crippen LogP contribution in [0.3, 0.4) is 0 Å². The highest BCUT2D eigenvalue weighted by Gasteiger charge is 2.02. The van der Waals surface area contributed by atoms with Crippen LogP contribution in [0.2, 0.25) is 0 Å². The summed E-state index contributed by atoms with van der Waals surface area (Å²) in [6.45, 7) is 3.02. The Morgan fingerprint density at radius 2 is 2.21 bits per heavy atom. The first-order chi connectivity index (χ1) is 6.90. The van der Waals surface area contributed by atoms with Crippen molar-refractivity contribution in [2.45, 2.75) is 19.9 Å². The number of aromatic nitrogens is 4. The topological polar surface area (TPSA) is 43.6 Å². The fraction of sp³-hybridized carbons (Fsp3) is 0.300. The maximum absolute atomic E-state index is 4.21. The van der Waals surface area contributed by atoms with Gasteiger partial charge in [-0.25, -0.2) is 0 Å². The monoisotopic (exact) mass is 188 g/mol. The first-order valence-corrected chi connectivity index (χ1v) is 4.71. The molecule has 0 saturated carbocycles. The van der Waals surface area contributed by atoms with Gasteiger partial charge in [0, 0.05) is 12.7 Å². The third kappa shape index (κ3) is 1.79. The summed E-state index contributed by atoms with van der Waals surface area (Å²) in [5.74, 6) is 0. The van der Waals surface area contributed by atoms with Crippen molar-refractivity contribution < 1.29 is 0 Å². The van der Waals surface area contributed by atoms with Crippen molar-refractivity contribution in [1.29, 1.82) is 0 Å². The lowest BCUT2D eigenvalue weighted by Crippen LogP contribution is -1.96. The van der Waals surface area contributed by atoms with Crippen molar-refractivity contribution >= 4 is 0 Å². The zero-order valence-electron chi connectivity index (χ0n) is 8.09. The summed E-state index contributed by atoms with van der Waals surface area (Å²) in [7, 11) is 0. The lowest BCUT2D eigenvalue weighted by Gasteiger charge is -1.93. The molecule has 72 valence electrons. The van der Waals surface area contributed by atoms with Gasteiger partial charge in [0.05, 0.1) is 11.9 Å². The first-order valence-electron chi connectivity index (χ1n) is 4.71. The van der Waals surface area contributed by atoms with Gasteiger partial charge in [-0.2, -0.15) is 0 Å². The number of aryl methyl sites for hydroxylation is 1. The Kier molecular flexibility index (Phi) is 2.53. The third-order valence-corrected chi connectivity index (χ3v) is 1.92. The molecular weight excluding hydrogens is 176 g/mol. The minimum atomic E-state index is 0.832. The normalized spacial score (nSPS) is 10.4. The molecule has 2 heterocycles. The van der Waals surface area contributed by atoms with E-state index in [0.717, 1.165) is 24.4 Å². The number of pyridine rings is 1. The van der Waals surface area contributed by atoms with Crippen LogP contribution in [-0.4, -0.2) is 20.0 Å². The standard InChI is InChI=1S/C10H12N4/c1-2-7-14-8-10(12-13-14)9-5-3-4-6-11-9/h3-6,8H,2,7H2,1H3. The summed E-state index contributed by atoms with van der Waals surface area (Å²) in [4.78, 5) is 4.21. The van der Waals surface area contributed by atoms with Gasteiger partial charge < -0.3 is 0 Å². The van der Waals surface area contributed by atoms with Crippen molar-refractivity contribution in [3.63, 3.8) is 0 Å². The van der Waals surface area contributed by atoms with Gasteiger partial charge in [0.1, 0.15) is 5.69 Å². The minimum absolute atomic E-state index is 0.832. The summed E-state index contributed by atoms with van der Waals surface area (Å²) < 4.78 is 1.84. The van der Waals surface area contributed by atoms with Crippen LogP contribution < -0.4 is 0 Å². The zero-order chi connectivity index (χ0) is 9.80. The Bertz CT molecular complexity index is 394. The molecule has 0 aliphatic heterocycles. The van der Waals surface area contributed by atoms with Crippen LogP contribution in [-0.2, 0) is 6.54 Å². The maximum Gasteiger partial charge on any atom is 0.131 e. The minimum Gasteiger partial charge on any atom is -0.254 e. The Morgan fingerprint density at radius 3 is 2.93 bits per heavy atom. The highest BCUT2D eigenvalue weighted by molar-refractivity contribution is 5.51. The number of rotatable bonds is 3. The molecule has 0 atom stereocenters. The van der Waals surface area contributed by atoms with Gasteiger partial charge in [-0.15, -0.1) is 5.10 Å². The molecule has 0 saturated heterocycles. The molecule has 0 spiro atoms. The molecule has 2 aromatic rings. The van der Waals surface area contributed by atoms with Crippen LogP contribution in [0, 0.1) is 0 Å². The molecular formula is C10H12N4. The van der Waals surface area contributed by atoms with Crippen LogP contribution in [0.4, 0.5) is 0 Å². The van der Waals surface area contributed by atoms with Crippen molar-refractivity contribution in [3.8, 4) is 11.4 Å². The molecule has 2 aromatic heterocycles. The molecule has 4 nitrogen and oxygen atoms in total. The lowest BCUT2D eigenvalue weighted by molar-refractivity contribution is 0.579. The summed E-state index contributed by atoms with van der Waals surface area (Å²) >= 11 is 0. The van der Waals surface area contributed by atoms with Crippen molar-refractivity contribution in [3.05, 3.63) is 30.6 Å². The molecule has 0 aromatic carbocycles. The van der Waals surface area contributed by atoms with E-state index >= 15 is 0 Å². The summed E-state index contributed by atoms with van der Waals surface area (Å²) in [5.41, 5.74) is 1.70. The van der Waals surface area contributed by atoms with E-state index in [1.54, 1.807) is 6.20 Å². The van der Waals surface area contributed by atoms with Crippen LogP contribution in [0.15, 0.2) is 30.6 Å².